The third kappa shape index (κ3) is 3.47. The SMILES string of the molecule is Cc1cc(C(=O)Nc2cccc(C#CCO)c2)co1. The number of aliphatic hydroxyl groups excluding tert-OH is 1. The van der Waals surface area contributed by atoms with E-state index in [0.29, 0.717) is 17.0 Å². The molecule has 2 N–H and O–H groups in total. The van der Waals surface area contributed by atoms with Gasteiger partial charge in [-0.15, -0.1) is 0 Å². The molecule has 2 rings (SSSR count). The predicted octanol–water partition coefficient (Wildman–Crippen LogP) is 2.18. The average molecular weight is 255 g/mol. The number of amides is 1. The molecule has 0 fully saturated rings. The van der Waals surface area contributed by atoms with Crippen molar-refractivity contribution in [2.75, 3.05) is 11.9 Å². The van der Waals surface area contributed by atoms with Gasteiger partial charge in [0.25, 0.3) is 5.91 Å². The second kappa shape index (κ2) is 5.89. The van der Waals surface area contributed by atoms with Gasteiger partial charge in [-0.2, -0.15) is 0 Å². The van der Waals surface area contributed by atoms with Crippen LogP contribution in [0.1, 0.15) is 21.7 Å². The molecule has 0 atom stereocenters. The summed E-state index contributed by atoms with van der Waals surface area (Å²) < 4.78 is 5.09. The van der Waals surface area contributed by atoms with Gasteiger partial charge in [-0.1, -0.05) is 17.9 Å². The van der Waals surface area contributed by atoms with E-state index in [9.17, 15) is 4.79 Å². The van der Waals surface area contributed by atoms with Gasteiger partial charge >= 0.3 is 0 Å². The summed E-state index contributed by atoms with van der Waals surface area (Å²) in [6.07, 6.45) is 1.42. The quantitative estimate of drug-likeness (QED) is 0.808. The van der Waals surface area contributed by atoms with E-state index in [1.165, 1.54) is 6.26 Å². The van der Waals surface area contributed by atoms with E-state index in [-0.39, 0.29) is 12.5 Å². The number of furan rings is 1. The third-order valence-corrected chi connectivity index (χ3v) is 2.42. The summed E-state index contributed by atoms with van der Waals surface area (Å²) >= 11 is 0. The Kier molecular flexibility index (Phi) is 4.01. The Hall–Kier alpha value is -2.51. The minimum absolute atomic E-state index is 0.190. The van der Waals surface area contributed by atoms with Crippen molar-refractivity contribution in [1.29, 1.82) is 0 Å². The Bertz CT molecular complexity index is 647. The minimum atomic E-state index is -0.232. The molecule has 0 aliphatic carbocycles. The zero-order valence-electron chi connectivity index (χ0n) is 10.4. The Labute approximate surface area is 111 Å². The largest absolute Gasteiger partial charge is 0.469 e. The molecule has 0 saturated heterocycles. The standard InChI is InChI=1S/C15H13NO3/c1-11-8-13(10-19-11)15(18)16-14-6-2-4-12(9-14)5-3-7-17/h2,4,6,8-10,17H,7H2,1H3,(H,16,18). The number of aryl methyl sites for hydroxylation is 1. The molecule has 0 bridgehead atoms. The van der Waals surface area contributed by atoms with Gasteiger partial charge < -0.3 is 14.8 Å². The average Bonchev–Trinajstić information content (AvgIpc) is 2.83. The molecule has 1 amide bonds. The summed E-state index contributed by atoms with van der Waals surface area (Å²) in [6, 6.07) is 8.78. The van der Waals surface area contributed by atoms with Crippen molar-refractivity contribution in [3.05, 3.63) is 53.5 Å². The van der Waals surface area contributed by atoms with Crippen molar-refractivity contribution in [3.8, 4) is 11.8 Å². The van der Waals surface area contributed by atoms with Crippen LogP contribution in [0.25, 0.3) is 0 Å². The lowest BCUT2D eigenvalue weighted by molar-refractivity contribution is 0.102. The maximum absolute atomic E-state index is 11.9. The first-order valence-electron chi connectivity index (χ1n) is 5.75. The van der Waals surface area contributed by atoms with E-state index >= 15 is 0 Å². The number of rotatable bonds is 2. The van der Waals surface area contributed by atoms with Gasteiger partial charge in [0.15, 0.2) is 0 Å². The number of carbonyl (C=O) groups excluding carboxylic acids is 1. The molecular weight excluding hydrogens is 242 g/mol. The molecule has 1 aromatic heterocycles. The van der Waals surface area contributed by atoms with E-state index in [1.54, 1.807) is 37.3 Å². The lowest BCUT2D eigenvalue weighted by Gasteiger charge is -2.03. The van der Waals surface area contributed by atoms with Crippen molar-refractivity contribution in [2.24, 2.45) is 0 Å². The first-order chi connectivity index (χ1) is 9.19. The molecule has 4 heteroatoms. The number of carbonyl (C=O) groups is 1. The van der Waals surface area contributed by atoms with Crippen LogP contribution < -0.4 is 5.32 Å². The maximum Gasteiger partial charge on any atom is 0.258 e. The fraction of sp³-hybridized carbons (Fsp3) is 0.133. The highest BCUT2D eigenvalue weighted by Gasteiger charge is 2.08. The summed E-state index contributed by atoms with van der Waals surface area (Å²) in [7, 11) is 0. The fourth-order valence-electron chi connectivity index (χ4n) is 1.58. The summed E-state index contributed by atoms with van der Waals surface area (Å²) in [5.41, 5.74) is 1.85. The van der Waals surface area contributed by atoms with Gasteiger partial charge in [-0.05, 0) is 31.2 Å². The smallest absolute Gasteiger partial charge is 0.258 e. The van der Waals surface area contributed by atoms with Crippen LogP contribution in [0.4, 0.5) is 5.69 Å². The van der Waals surface area contributed by atoms with Crippen LogP contribution >= 0.6 is 0 Å². The molecule has 0 aliphatic rings. The number of aliphatic hydroxyl groups is 1. The maximum atomic E-state index is 11.9. The number of benzene rings is 1. The Morgan fingerprint density at radius 1 is 1.42 bits per heavy atom. The van der Waals surface area contributed by atoms with Crippen LogP contribution in [0.15, 0.2) is 41.0 Å². The number of anilines is 1. The van der Waals surface area contributed by atoms with Gasteiger partial charge in [0.1, 0.15) is 18.6 Å². The summed E-state index contributed by atoms with van der Waals surface area (Å²) in [6.45, 7) is 1.59. The summed E-state index contributed by atoms with van der Waals surface area (Å²) in [5.74, 6) is 5.80. The first kappa shape index (κ1) is 12.9. The lowest BCUT2D eigenvalue weighted by atomic mass is 10.2. The number of hydrogen-bond donors (Lipinski definition) is 2. The second-order valence-corrected chi connectivity index (χ2v) is 3.94. The van der Waals surface area contributed by atoms with Crippen molar-refractivity contribution in [2.45, 2.75) is 6.92 Å². The van der Waals surface area contributed by atoms with E-state index < -0.39 is 0 Å². The molecule has 96 valence electrons. The fourth-order valence-corrected chi connectivity index (χ4v) is 1.58. The molecule has 0 radical (unpaired) electrons. The Morgan fingerprint density at radius 2 is 2.26 bits per heavy atom. The van der Waals surface area contributed by atoms with Crippen molar-refractivity contribution in [1.82, 2.24) is 0 Å². The van der Waals surface area contributed by atoms with Crippen molar-refractivity contribution < 1.29 is 14.3 Å². The van der Waals surface area contributed by atoms with Crippen LogP contribution in [0.5, 0.6) is 0 Å². The molecule has 0 unspecified atom stereocenters. The van der Waals surface area contributed by atoms with Crippen LogP contribution in [0.2, 0.25) is 0 Å². The van der Waals surface area contributed by atoms with Crippen molar-refractivity contribution in [3.63, 3.8) is 0 Å². The van der Waals surface area contributed by atoms with E-state index in [2.05, 4.69) is 17.2 Å². The lowest BCUT2D eigenvalue weighted by Crippen LogP contribution is -2.10. The van der Waals surface area contributed by atoms with E-state index in [4.69, 9.17) is 9.52 Å². The summed E-state index contributed by atoms with van der Waals surface area (Å²) in [4.78, 5) is 11.9. The third-order valence-electron chi connectivity index (χ3n) is 2.42. The highest BCUT2D eigenvalue weighted by Crippen LogP contribution is 2.13. The molecule has 2 aromatic rings. The number of nitrogens with one attached hydrogen (secondary N) is 1. The molecule has 0 aliphatic heterocycles. The van der Waals surface area contributed by atoms with Gasteiger partial charge in [0.05, 0.1) is 5.56 Å². The highest BCUT2D eigenvalue weighted by molar-refractivity contribution is 6.04. The zero-order chi connectivity index (χ0) is 13.7. The molecule has 0 saturated carbocycles. The highest BCUT2D eigenvalue weighted by atomic mass is 16.3. The van der Waals surface area contributed by atoms with Crippen LogP contribution in [0, 0.1) is 18.8 Å². The normalized spacial score (nSPS) is 9.58. The van der Waals surface area contributed by atoms with Crippen LogP contribution in [0.3, 0.4) is 0 Å². The monoisotopic (exact) mass is 255 g/mol. The van der Waals surface area contributed by atoms with Gasteiger partial charge in [0.2, 0.25) is 0 Å². The predicted molar refractivity (Wildman–Crippen MR) is 71.8 cm³/mol. The van der Waals surface area contributed by atoms with Crippen LogP contribution in [-0.4, -0.2) is 17.6 Å². The number of hydrogen-bond acceptors (Lipinski definition) is 3. The van der Waals surface area contributed by atoms with E-state index in [1.807, 2.05) is 0 Å². The van der Waals surface area contributed by atoms with Gasteiger partial charge in [0, 0.05) is 11.3 Å². The zero-order valence-corrected chi connectivity index (χ0v) is 10.4. The molecule has 19 heavy (non-hydrogen) atoms. The summed E-state index contributed by atoms with van der Waals surface area (Å²) in [5, 5.41) is 11.4. The van der Waals surface area contributed by atoms with Crippen molar-refractivity contribution >= 4 is 11.6 Å². The molecule has 1 heterocycles. The molecule has 4 nitrogen and oxygen atoms in total. The van der Waals surface area contributed by atoms with Crippen LogP contribution in [-0.2, 0) is 0 Å². The topological polar surface area (TPSA) is 62.5 Å². The molecular formula is C15H13NO3. The van der Waals surface area contributed by atoms with E-state index in [0.717, 1.165) is 5.56 Å². The first-order valence-corrected chi connectivity index (χ1v) is 5.75. The molecule has 1 aromatic carbocycles. The molecule has 0 spiro atoms. The Balaban J connectivity index is 2.13. The second-order valence-electron chi connectivity index (χ2n) is 3.94. The van der Waals surface area contributed by atoms with Gasteiger partial charge in [-0.25, -0.2) is 0 Å². The minimum Gasteiger partial charge on any atom is -0.469 e. The Morgan fingerprint density at radius 3 is 2.95 bits per heavy atom. The van der Waals surface area contributed by atoms with Gasteiger partial charge in [-0.3, -0.25) is 4.79 Å².